The number of fused-ring (bicyclic) bond motifs is 2. The second-order valence-electron chi connectivity index (χ2n) is 3.75. The quantitative estimate of drug-likeness (QED) is 0.606. The first-order valence-corrected chi connectivity index (χ1v) is 5.63. The molecular formula is C10H10N2O2S. The van der Waals surface area contributed by atoms with Crippen LogP contribution in [0.5, 0.6) is 0 Å². The molecule has 2 atom stereocenters. The zero-order valence-electron chi connectivity index (χ0n) is 7.86. The molecule has 0 spiro atoms. The molecule has 2 aliphatic heterocycles. The summed E-state index contributed by atoms with van der Waals surface area (Å²) in [6, 6.07) is 7.71. The van der Waals surface area contributed by atoms with Crippen molar-refractivity contribution in [2.75, 3.05) is 5.32 Å². The van der Waals surface area contributed by atoms with E-state index in [9.17, 15) is 9.90 Å². The Labute approximate surface area is 91.1 Å². The highest BCUT2D eigenvalue weighted by Crippen LogP contribution is 2.43. The smallest absolute Gasteiger partial charge is 0.229 e. The van der Waals surface area contributed by atoms with Gasteiger partial charge in [0.2, 0.25) is 11.8 Å². The molecule has 3 N–H and O–H groups in total. The number of rotatable bonds is 0. The normalized spacial score (nSPS) is 32.6. The number of hydrogen-bond donors (Lipinski definition) is 3. The Morgan fingerprint density at radius 3 is 3.07 bits per heavy atom. The summed E-state index contributed by atoms with van der Waals surface area (Å²) < 4.78 is 0. The fraction of sp³-hybridized carbons (Fsp3) is 0.300. The van der Waals surface area contributed by atoms with E-state index in [0.29, 0.717) is 6.42 Å². The number of hydrogen-bond acceptors (Lipinski definition) is 4. The molecule has 1 amide bonds. The minimum absolute atomic E-state index is 0.115. The monoisotopic (exact) mass is 222 g/mol. The molecule has 1 saturated heterocycles. The largest absolute Gasteiger partial charge is 0.353 e. The zero-order valence-corrected chi connectivity index (χ0v) is 8.67. The zero-order chi connectivity index (χ0) is 10.5. The molecule has 4 nitrogen and oxygen atoms in total. The SMILES string of the molecule is O=C1CC2Sc3ccccc3NC2(O)N1. The Morgan fingerprint density at radius 1 is 1.40 bits per heavy atom. The van der Waals surface area contributed by atoms with E-state index in [1.807, 2.05) is 24.3 Å². The van der Waals surface area contributed by atoms with Crippen LogP contribution >= 0.6 is 11.8 Å². The summed E-state index contributed by atoms with van der Waals surface area (Å²) in [5.74, 6) is -1.40. The summed E-state index contributed by atoms with van der Waals surface area (Å²) in [7, 11) is 0. The fourth-order valence-corrected chi connectivity index (χ4v) is 3.16. The number of carbonyl (C=O) groups is 1. The van der Waals surface area contributed by atoms with E-state index in [0.717, 1.165) is 10.6 Å². The molecule has 2 heterocycles. The van der Waals surface area contributed by atoms with Crippen LogP contribution in [0.4, 0.5) is 5.69 Å². The van der Waals surface area contributed by atoms with Crippen molar-refractivity contribution in [2.24, 2.45) is 0 Å². The molecule has 3 rings (SSSR count). The third kappa shape index (κ3) is 1.31. The van der Waals surface area contributed by atoms with Gasteiger partial charge in [0, 0.05) is 11.3 Å². The van der Waals surface area contributed by atoms with Crippen molar-refractivity contribution in [1.29, 1.82) is 0 Å². The Kier molecular flexibility index (Phi) is 1.75. The Hall–Kier alpha value is -1.20. The predicted octanol–water partition coefficient (Wildman–Crippen LogP) is 0.739. The van der Waals surface area contributed by atoms with E-state index in [1.54, 1.807) is 0 Å². The number of thioether (sulfide) groups is 1. The number of amides is 1. The van der Waals surface area contributed by atoms with Crippen LogP contribution in [0.25, 0.3) is 0 Å². The molecule has 2 unspecified atom stereocenters. The van der Waals surface area contributed by atoms with Crippen molar-refractivity contribution in [3.8, 4) is 0 Å². The first-order valence-electron chi connectivity index (χ1n) is 4.75. The first kappa shape index (κ1) is 9.06. The Bertz CT molecular complexity index is 437. The molecule has 2 aliphatic rings. The van der Waals surface area contributed by atoms with Crippen LogP contribution in [0.15, 0.2) is 29.2 Å². The van der Waals surface area contributed by atoms with Crippen LogP contribution in [-0.4, -0.2) is 22.1 Å². The van der Waals surface area contributed by atoms with Crippen molar-refractivity contribution in [3.63, 3.8) is 0 Å². The maximum atomic E-state index is 11.2. The van der Waals surface area contributed by atoms with E-state index in [4.69, 9.17) is 0 Å². The molecule has 1 fully saturated rings. The van der Waals surface area contributed by atoms with Gasteiger partial charge in [0.1, 0.15) is 0 Å². The van der Waals surface area contributed by atoms with Crippen molar-refractivity contribution in [1.82, 2.24) is 5.32 Å². The highest BCUT2D eigenvalue weighted by Gasteiger charge is 2.49. The molecule has 0 radical (unpaired) electrons. The lowest BCUT2D eigenvalue weighted by atomic mass is 10.2. The number of para-hydroxylation sites is 1. The van der Waals surface area contributed by atoms with Crippen LogP contribution < -0.4 is 10.6 Å². The molecule has 78 valence electrons. The lowest BCUT2D eigenvalue weighted by molar-refractivity contribution is -0.121. The third-order valence-electron chi connectivity index (χ3n) is 2.65. The maximum absolute atomic E-state index is 11.2. The van der Waals surface area contributed by atoms with Gasteiger partial charge in [-0.15, -0.1) is 11.8 Å². The Balaban J connectivity index is 2.02. The molecule has 0 aliphatic carbocycles. The first-order chi connectivity index (χ1) is 7.17. The second kappa shape index (κ2) is 2.90. The average molecular weight is 222 g/mol. The molecule has 15 heavy (non-hydrogen) atoms. The summed E-state index contributed by atoms with van der Waals surface area (Å²) >= 11 is 1.53. The molecule has 0 bridgehead atoms. The van der Waals surface area contributed by atoms with E-state index < -0.39 is 5.85 Å². The van der Waals surface area contributed by atoms with Crippen LogP contribution in [0.1, 0.15) is 6.42 Å². The van der Waals surface area contributed by atoms with E-state index in [-0.39, 0.29) is 11.2 Å². The van der Waals surface area contributed by atoms with Gasteiger partial charge in [0.15, 0.2) is 0 Å². The van der Waals surface area contributed by atoms with Crippen molar-refractivity contribution in [2.45, 2.75) is 22.4 Å². The van der Waals surface area contributed by atoms with Gasteiger partial charge in [-0.1, -0.05) is 12.1 Å². The fourth-order valence-electron chi connectivity index (χ4n) is 1.93. The molecule has 5 heteroatoms. The molecule has 1 aromatic carbocycles. The van der Waals surface area contributed by atoms with Gasteiger partial charge in [-0.3, -0.25) is 4.79 Å². The second-order valence-corrected chi connectivity index (χ2v) is 4.99. The number of aliphatic hydroxyl groups is 1. The highest BCUT2D eigenvalue weighted by molar-refractivity contribution is 8.00. The van der Waals surface area contributed by atoms with Gasteiger partial charge in [-0.25, -0.2) is 0 Å². The third-order valence-corrected chi connectivity index (χ3v) is 4.05. The number of benzene rings is 1. The van der Waals surface area contributed by atoms with Crippen molar-refractivity contribution in [3.05, 3.63) is 24.3 Å². The minimum Gasteiger partial charge on any atom is -0.353 e. The van der Waals surface area contributed by atoms with Gasteiger partial charge in [0.05, 0.1) is 10.9 Å². The van der Waals surface area contributed by atoms with Crippen LogP contribution in [0.3, 0.4) is 0 Å². The van der Waals surface area contributed by atoms with Crippen molar-refractivity contribution < 1.29 is 9.90 Å². The van der Waals surface area contributed by atoms with Crippen molar-refractivity contribution >= 4 is 23.4 Å². The van der Waals surface area contributed by atoms with Gasteiger partial charge in [0.25, 0.3) is 0 Å². The summed E-state index contributed by atoms with van der Waals surface area (Å²) in [5, 5.41) is 15.5. The summed E-state index contributed by atoms with van der Waals surface area (Å²) in [6.07, 6.45) is 0.350. The lowest BCUT2D eigenvalue weighted by Crippen LogP contribution is -2.55. The van der Waals surface area contributed by atoms with Gasteiger partial charge < -0.3 is 15.7 Å². The van der Waals surface area contributed by atoms with E-state index in [1.165, 1.54) is 11.8 Å². The number of carbonyl (C=O) groups excluding carboxylic acids is 1. The van der Waals surface area contributed by atoms with E-state index in [2.05, 4.69) is 10.6 Å². The molecule has 0 aromatic heterocycles. The lowest BCUT2D eigenvalue weighted by Gasteiger charge is -2.35. The average Bonchev–Trinajstić information content (AvgIpc) is 2.47. The summed E-state index contributed by atoms with van der Waals surface area (Å²) in [4.78, 5) is 12.3. The molecule has 1 aromatic rings. The number of anilines is 1. The van der Waals surface area contributed by atoms with Gasteiger partial charge in [-0.2, -0.15) is 0 Å². The van der Waals surface area contributed by atoms with E-state index >= 15 is 0 Å². The maximum Gasteiger partial charge on any atom is 0.229 e. The standard InChI is InChI=1S/C10H10N2O2S/c13-9-5-8-10(14,12-9)11-6-3-1-2-4-7(6)15-8/h1-4,8,11,14H,5H2,(H,12,13). The molecule has 0 saturated carbocycles. The van der Waals surface area contributed by atoms with Gasteiger partial charge >= 0.3 is 0 Å². The number of nitrogens with one attached hydrogen (secondary N) is 2. The topological polar surface area (TPSA) is 61.4 Å². The van der Waals surface area contributed by atoms with Crippen LogP contribution in [0.2, 0.25) is 0 Å². The Morgan fingerprint density at radius 2 is 2.20 bits per heavy atom. The van der Waals surface area contributed by atoms with Gasteiger partial charge in [-0.05, 0) is 12.1 Å². The minimum atomic E-state index is -1.28. The predicted molar refractivity (Wildman–Crippen MR) is 57.4 cm³/mol. The summed E-state index contributed by atoms with van der Waals surface area (Å²) in [5.41, 5.74) is 0.864. The van der Waals surface area contributed by atoms with Crippen LogP contribution in [0, 0.1) is 0 Å². The van der Waals surface area contributed by atoms with Crippen LogP contribution in [-0.2, 0) is 4.79 Å². The molecular weight excluding hydrogens is 212 g/mol. The highest BCUT2D eigenvalue weighted by atomic mass is 32.2. The summed E-state index contributed by atoms with van der Waals surface area (Å²) in [6.45, 7) is 0.